The van der Waals surface area contributed by atoms with Crippen LogP contribution < -0.4 is 0 Å². The zero-order valence-corrected chi connectivity index (χ0v) is 18.8. The van der Waals surface area contributed by atoms with E-state index >= 15 is 0 Å². The molecular formula is C24H29N3O6. The highest BCUT2D eigenvalue weighted by molar-refractivity contribution is 5.83. The molecule has 0 spiro atoms. The lowest BCUT2D eigenvalue weighted by Gasteiger charge is -2.26. The fourth-order valence-corrected chi connectivity index (χ4v) is 4.18. The molecule has 2 saturated heterocycles. The van der Waals surface area contributed by atoms with Gasteiger partial charge in [-0.25, -0.2) is 4.79 Å². The standard InChI is InChI=1S/C24H29N3O6/c1-18(28)31-16-21-9-8-20(33-21)14-25-10-5-11-26(13-12-25)23(29)15-27-22(17-32-24(27)30)19-6-3-2-4-7-19/h2-4,6-9,22H,5,10-17H2,1H3. The normalized spacial score (nSPS) is 19.3. The molecule has 2 aliphatic rings. The summed E-state index contributed by atoms with van der Waals surface area (Å²) in [6.45, 7) is 5.14. The van der Waals surface area contributed by atoms with Crippen LogP contribution in [-0.2, 0) is 32.2 Å². The Morgan fingerprint density at radius 1 is 1.03 bits per heavy atom. The van der Waals surface area contributed by atoms with Crippen molar-refractivity contribution in [1.82, 2.24) is 14.7 Å². The van der Waals surface area contributed by atoms with Gasteiger partial charge in [0.2, 0.25) is 5.91 Å². The molecule has 176 valence electrons. The van der Waals surface area contributed by atoms with Gasteiger partial charge in [-0.05, 0) is 24.1 Å². The quantitative estimate of drug-likeness (QED) is 0.593. The maximum atomic E-state index is 13.0. The van der Waals surface area contributed by atoms with E-state index in [-0.39, 0.29) is 37.7 Å². The first-order valence-electron chi connectivity index (χ1n) is 11.2. The second kappa shape index (κ2) is 10.5. The van der Waals surface area contributed by atoms with E-state index in [9.17, 15) is 14.4 Å². The van der Waals surface area contributed by atoms with Crippen molar-refractivity contribution >= 4 is 18.0 Å². The summed E-state index contributed by atoms with van der Waals surface area (Å²) < 4.78 is 15.9. The van der Waals surface area contributed by atoms with Crippen molar-refractivity contribution in [3.05, 3.63) is 59.5 Å². The number of esters is 1. The minimum atomic E-state index is -0.448. The maximum Gasteiger partial charge on any atom is 0.410 e. The highest BCUT2D eigenvalue weighted by atomic mass is 16.6. The van der Waals surface area contributed by atoms with Gasteiger partial charge in [0, 0.05) is 33.1 Å². The summed E-state index contributed by atoms with van der Waals surface area (Å²) in [5.74, 6) is 0.987. The van der Waals surface area contributed by atoms with Gasteiger partial charge in [-0.2, -0.15) is 0 Å². The Kier molecular flexibility index (Phi) is 7.29. The fraction of sp³-hybridized carbons (Fsp3) is 0.458. The summed E-state index contributed by atoms with van der Waals surface area (Å²) in [5, 5.41) is 0. The summed E-state index contributed by atoms with van der Waals surface area (Å²) in [7, 11) is 0. The predicted molar refractivity (Wildman–Crippen MR) is 118 cm³/mol. The molecule has 4 rings (SSSR count). The van der Waals surface area contributed by atoms with Crippen molar-refractivity contribution in [2.45, 2.75) is 32.5 Å². The summed E-state index contributed by atoms with van der Waals surface area (Å²) in [5.41, 5.74) is 0.963. The van der Waals surface area contributed by atoms with E-state index < -0.39 is 6.09 Å². The molecule has 0 radical (unpaired) electrons. The molecule has 1 aromatic heterocycles. The number of benzene rings is 1. The Morgan fingerprint density at radius 2 is 1.82 bits per heavy atom. The van der Waals surface area contributed by atoms with Crippen molar-refractivity contribution in [2.24, 2.45) is 0 Å². The third-order valence-electron chi connectivity index (χ3n) is 5.92. The van der Waals surface area contributed by atoms with Crippen LogP contribution in [0.1, 0.15) is 36.5 Å². The molecule has 0 aliphatic carbocycles. The van der Waals surface area contributed by atoms with Crippen LogP contribution in [0.15, 0.2) is 46.9 Å². The lowest BCUT2D eigenvalue weighted by atomic mass is 10.1. The second-order valence-electron chi connectivity index (χ2n) is 8.29. The number of furan rings is 1. The summed E-state index contributed by atoms with van der Waals surface area (Å²) in [4.78, 5) is 41.8. The van der Waals surface area contributed by atoms with Crippen molar-refractivity contribution in [1.29, 1.82) is 0 Å². The Balaban J connectivity index is 1.30. The molecule has 3 heterocycles. The van der Waals surface area contributed by atoms with Crippen LogP contribution in [0.2, 0.25) is 0 Å². The minimum absolute atomic E-state index is 0.0100. The summed E-state index contributed by atoms with van der Waals surface area (Å²) in [6, 6.07) is 13.1. The van der Waals surface area contributed by atoms with Crippen molar-refractivity contribution in [3.8, 4) is 0 Å². The van der Waals surface area contributed by atoms with Crippen LogP contribution in [0.5, 0.6) is 0 Å². The first-order valence-corrected chi connectivity index (χ1v) is 11.2. The number of rotatable bonds is 7. The van der Waals surface area contributed by atoms with E-state index in [0.29, 0.717) is 31.9 Å². The third kappa shape index (κ3) is 5.92. The molecule has 0 saturated carbocycles. The first-order chi connectivity index (χ1) is 16.0. The fourth-order valence-electron chi connectivity index (χ4n) is 4.18. The van der Waals surface area contributed by atoms with Crippen LogP contribution in [0.25, 0.3) is 0 Å². The average molecular weight is 456 g/mol. The first kappa shape index (κ1) is 22.8. The smallest absolute Gasteiger partial charge is 0.410 e. The minimum Gasteiger partial charge on any atom is -0.461 e. The topological polar surface area (TPSA) is 92.5 Å². The molecule has 33 heavy (non-hydrogen) atoms. The van der Waals surface area contributed by atoms with Crippen LogP contribution in [0.3, 0.4) is 0 Å². The molecule has 1 atom stereocenters. The Bertz CT molecular complexity index is 976. The molecule has 0 bridgehead atoms. The van der Waals surface area contributed by atoms with E-state index in [1.165, 1.54) is 11.8 Å². The SMILES string of the molecule is CC(=O)OCc1ccc(CN2CCCN(C(=O)CN3C(=O)OCC3c3ccccc3)CC2)o1. The van der Waals surface area contributed by atoms with Gasteiger partial charge in [0.15, 0.2) is 0 Å². The molecule has 1 unspecified atom stereocenters. The molecule has 2 fully saturated rings. The third-order valence-corrected chi connectivity index (χ3v) is 5.92. The molecule has 2 amide bonds. The zero-order chi connectivity index (χ0) is 23.2. The zero-order valence-electron chi connectivity index (χ0n) is 18.8. The second-order valence-corrected chi connectivity index (χ2v) is 8.29. The average Bonchev–Trinajstić information content (AvgIpc) is 3.32. The molecule has 2 aromatic rings. The van der Waals surface area contributed by atoms with Crippen LogP contribution in [-0.4, -0.2) is 72.0 Å². The molecular weight excluding hydrogens is 426 g/mol. The van der Waals surface area contributed by atoms with Gasteiger partial charge in [-0.3, -0.25) is 19.4 Å². The van der Waals surface area contributed by atoms with Crippen molar-refractivity contribution in [2.75, 3.05) is 39.3 Å². The number of nitrogens with zero attached hydrogens (tertiary/aromatic N) is 3. The summed E-state index contributed by atoms with van der Waals surface area (Å²) >= 11 is 0. The lowest BCUT2D eigenvalue weighted by Crippen LogP contribution is -2.43. The number of hydrogen-bond acceptors (Lipinski definition) is 7. The predicted octanol–water partition coefficient (Wildman–Crippen LogP) is 2.57. The number of ether oxygens (including phenoxy) is 2. The van der Waals surface area contributed by atoms with Gasteiger partial charge in [0.05, 0.1) is 12.6 Å². The van der Waals surface area contributed by atoms with Gasteiger partial charge in [0.25, 0.3) is 0 Å². The lowest BCUT2D eigenvalue weighted by molar-refractivity contribution is -0.142. The number of cyclic esters (lactones) is 1. The highest BCUT2D eigenvalue weighted by Crippen LogP contribution is 2.27. The number of amides is 2. The number of carbonyl (C=O) groups excluding carboxylic acids is 3. The monoisotopic (exact) mass is 455 g/mol. The van der Waals surface area contributed by atoms with E-state index in [1.807, 2.05) is 47.4 Å². The Morgan fingerprint density at radius 3 is 2.61 bits per heavy atom. The molecule has 9 heteroatoms. The summed E-state index contributed by atoms with van der Waals surface area (Å²) in [6.07, 6.45) is 0.385. The van der Waals surface area contributed by atoms with E-state index in [4.69, 9.17) is 13.9 Å². The van der Waals surface area contributed by atoms with Gasteiger partial charge < -0.3 is 18.8 Å². The van der Waals surface area contributed by atoms with Gasteiger partial charge >= 0.3 is 12.1 Å². The molecule has 1 aromatic carbocycles. The Labute approximate surface area is 192 Å². The number of carbonyl (C=O) groups is 3. The van der Waals surface area contributed by atoms with E-state index in [1.54, 1.807) is 0 Å². The molecule has 2 aliphatic heterocycles. The van der Waals surface area contributed by atoms with E-state index in [2.05, 4.69) is 4.90 Å². The van der Waals surface area contributed by atoms with Gasteiger partial charge in [0.1, 0.15) is 31.3 Å². The maximum absolute atomic E-state index is 13.0. The van der Waals surface area contributed by atoms with Crippen LogP contribution in [0.4, 0.5) is 4.79 Å². The van der Waals surface area contributed by atoms with E-state index in [0.717, 1.165) is 24.3 Å². The van der Waals surface area contributed by atoms with Crippen molar-refractivity contribution < 1.29 is 28.3 Å². The highest BCUT2D eigenvalue weighted by Gasteiger charge is 2.36. The molecule has 0 N–H and O–H groups in total. The molecule has 9 nitrogen and oxygen atoms in total. The van der Waals surface area contributed by atoms with Gasteiger partial charge in [-0.15, -0.1) is 0 Å². The number of hydrogen-bond donors (Lipinski definition) is 0. The van der Waals surface area contributed by atoms with Gasteiger partial charge in [-0.1, -0.05) is 30.3 Å². The largest absolute Gasteiger partial charge is 0.461 e. The van der Waals surface area contributed by atoms with Crippen LogP contribution in [0, 0.1) is 0 Å². The Hall–Kier alpha value is -3.33. The van der Waals surface area contributed by atoms with Crippen molar-refractivity contribution in [3.63, 3.8) is 0 Å². The van der Waals surface area contributed by atoms with Crippen LogP contribution >= 0.6 is 0 Å².